The fourth-order valence-electron chi connectivity index (χ4n) is 2.41. The molecule has 124 valence electrons. The predicted octanol–water partition coefficient (Wildman–Crippen LogP) is 2.96. The fourth-order valence-corrected chi connectivity index (χ4v) is 2.41. The molecule has 0 fully saturated rings. The highest BCUT2D eigenvalue weighted by atomic mass is 19.1. The van der Waals surface area contributed by atoms with E-state index >= 15 is 0 Å². The third-order valence-electron chi connectivity index (χ3n) is 3.57. The van der Waals surface area contributed by atoms with Crippen LogP contribution in [0, 0.1) is 15.9 Å². The van der Waals surface area contributed by atoms with Crippen LogP contribution in [0.3, 0.4) is 0 Å². The Bertz CT molecular complexity index is 911. The minimum absolute atomic E-state index is 0.128. The summed E-state index contributed by atoms with van der Waals surface area (Å²) in [6, 6.07) is 5.53. The second-order valence-electron chi connectivity index (χ2n) is 5.12. The first-order valence-electron chi connectivity index (χ1n) is 7.08. The average Bonchev–Trinajstić information content (AvgIpc) is 2.98. The summed E-state index contributed by atoms with van der Waals surface area (Å²) in [5.41, 5.74) is 0.556. The molecular weight excluding hydrogens is 317 g/mol. The van der Waals surface area contributed by atoms with Gasteiger partial charge in [-0.15, -0.1) is 0 Å². The summed E-state index contributed by atoms with van der Waals surface area (Å²) in [7, 11) is 1.50. The third-order valence-corrected chi connectivity index (χ3v) is 3.57. The van der Waals surface area contributed by atoms with E-state index in [2.05, 4.69) is 15.4 Å². The number of anilines is 1. The zero-order chi connectivity index (χ0) is 17.3. The molecule has 1 aromatic carbocycles. The Labute approximate surface area is 136 Å². The van der Waals surface area contributed by atoms with Crippen LogP contribution in [-0.2, 0) is 0 Å². The molecule has 0 unspecified atom stereocenters. The molecule has 0 aliphatic carbocycles. The maximum absolute atomic E-state index is 13.5. The molecule has 0 aliphatic heterocycles. The lowest BCUT2D eigenvalue weighted by molar-refractivity contribution is -0.383. The smallest absolute Gasteiger partial charge is 0.333 e. The van der Waals surface area contributed by atoms with Crippen molar-refractivity contribution in [2.24, 2.45) is 0 Å². The Morgan fingerprint density at radius 1 is 1.42 bits per heavy atom. The topological polar surface area (TPSA) is 94.6 Å². The van der Waals surface area contributed by atoms with E-state index in [9.17, 15) is 14.5 Å². The molecular formula is C15H14FN5O3. The molecule has 0 radical (unpaired) electrons. The number of nitro groups is 1. The van der Waals surface area contributed by atoms with E-state index in [1.54, 1.807) is 18.3 Å². The number of aromatic nitrogens is 3. The van der Waals surface area contributed by atoms with Crippen molar-refractivity contribution in [1.29, 1.82) is 0 Å². The van der Waals surface area contributed by atoms with Crippen molar-refractivity contribution in [3.05, 3.63) is 58.2 Å². The fraction of sp³-hybridized carbons (Fsp3) is 0.200. The zero-order valence-corrected chi connectivity index (χ0v) is 12.9. The van der Waals surface area contributed by atoms with Crippen LogP contribution in [0.25, 0.3) is 5.65 Å². The first-order valence-corrected chi connectivity index (χ1v) is 7.08. The first-order chi connectivity index (χ1) is 11.5. The highest BCUT2D eigenvalue weighted by Gasteiger charge is 2.18. The molecule has 3 aromatic rings. The van der Waals surface area contributed by atoms with E-state index in [1.807, 2.05) is 6.92 Å². The number of methoxy groups -OCH3 is 1. The molecule has 0 amide bonds. The van der Waals surface area contributed by atoms with Crippen molar-refractivity contribution < 1.29 is 14.1 Å². The van der Waals surface area contributed by atoms with Gasteiger partial charge in [0.15, 0.2) is 0 Å². The molecule has 2 aromatic heterocycles. The van der Waals surface area contributed by atoms with Crippen LogP contribution in [0.1, 0.15) is 18.5 Å². The van der Waals surface area contributed by atoms with Crippen molar-refractivity contribution in [3.8, 4) is 5.75 Å². The SMILES string of the molecule is COc1ccc(F)cc1[C@@H](C)Nc1ccn2ncc([N+](=O)[O-])c2n1. The van der Waals surface area contributed by atoms with Crippen LogP contribution in [0.15, 0.2) is 36.7 Å². The van der Waals surface area contributed by atoms with Crippen molar-refractivity contribution in [3.63, 3.8) is 0 Å². The van der Waals surface area contributed by atoms with Gasteiger partial charge >= 0.3 is 5.69 Å². The molecule has 1 N–H and O–H groups in total. The van der Waals surface area contributed by atoms with Gasteiger partial charge in [-0.3, -0.25) is 10.1 Å². The van der Waals surface area contributed by atoms with Gasteiger partial charge in [0.1, 0.15) is 23.6 Å². The number of nitrogens with one attached hydrogen (secondary N) is 1. The highest BCUT2D eigenvalue weighted by molar-refractivity contribution is 5.61. The standard InChI is InChI=1S/C15H14FN5O3/c1-9(11-7-10(16)3-4-13(11)24-2)18-14-5-6-20-15(19-14)12(8-17-20)21(22)23/h3-9H,1-2H3,(H,18,19)/t9-/m1/s1. The number of ether oxygens (including phenoxy) is 1. The van der Waals surface area contributed by atoms with E-state index in [1.165, 1.54) is 23.8 Å². The van der Waals surface area contributed by atoms with Gasteiger partial charge < -0.3 is 10.1 Å². The minimum Gasteiger partial charge on any atom is -0.496 e. The summed E-state index contributed by atoms with van der Waals surface area (Å²) in [5.74, 6) is 0.562. The van der Waals surface area contributed by atoms with Gasteiger partial charge in [-0.2, -0.15) is 5.10 Å². The van der Waals surface area contributed by atoms with Crippen LogP contribution in [0.5, 0.6) is 5.75 Å². The minimum atomic E-state index is -0.544. The summed E-state index contributed by atoms with van der Waals surface area (Å²) in [5, 5.41) is 17.9. The van der Waals surface area contributed by atoms with Gasteiger partial charge in [0.2, 0.25) is 5.65 Å². The van der Waals surface area contributed by atoms with Crippen molar-refractivity contribution in [2.45, 2.75) is 13.0 Å². The maximum atomic E-state index is 13.5. The first kappa shape index (κ1) is 15.7. The molecule has 0 aliphatic rings. The number of hydrogen-bond acceptors (Lipinski definition) is 6. The molecule has 1 atom stereocenters. The summed E-state index contributed by atoms with van der Waals surface area (Å²) in [6.07, 6.45) is 2.71. The molecule has 8 nitrogen and oxygen atoms in total. The summed E-state index contributed by atoms with van der Waals surface area (Å²) < 4.78 is 20.1. The van der Waals surface area contributed by atoms with E-state index in [0.717, 1.165) is 6.20 Å². The molecule has 0 saturated carbocycles. The Balaban J connectivity index is 1.93. The average molecular weight is 331 g/mol. The molecule has 2 heterocycles. The number of fused-ring (bicyclic) bond motifs is 1. The Morgan fingerprint density at radius 2 is 2.21 bits per heavy atom. The van der Waals surface area contributed by atoms with Crippen molar-refractivity contribution in [2.75, 3.05) is 12.4 Å². The lowest BCUT2D eigenvalue weighted by Crippen LogP contribution is -2.10. The monoisotopic (exact) mass is 331 g/mol. The highest BCUT2D eigenvalue weighted by Crippen LogP contribution is 2.28. The summed E-state index contributed by atoms with van der Waals surface area (Å²) in [4.78, 5) is 14.7. The lowest BCUT2D eigenvalue weighted by Gasteiger charge is -2.18. The Kier molecular flexibility index (Phi) is 3.98. The Hall–Kier alpha value is -3.23. The second kappa shape index (κ2) is 6.11. The van der Waals surface area contributed by atoms with Crippen LogP contribution in [0.2, 0.25) is 0 Å². The van der Waals surface area contributed by atoms with Crippen molar-refractivity contribution >= 4 is 17.2 Å². The molecule has 24 heavy (non-hydrogen) atoms. The number of hydrogen-bond donors (Lipinski definition) is 1. The quantitative estimate of drug-likeness (QED) is 0.570. The lowest BCUT2D eigenvalue weighted by atomic mass is 10.1. The molecule has 3 rings (SSSR count). The van der Waals surface area contributed by atoms with Crippen molar-refractivity contribution in [1.82, 2.24) is 14.6 Å². The molecule has 0 bridgehead atoms. The predicted molar refractivity (Wildman–Crippen MR) is 84.6 cm³/mol. The summed E-state index contributed by atoms with van der Waals surface area (Å²) in [6.45, 7) is 1.81. The number of nitrogens with zero attached hydrogens (tertiary/aromatic N) is 4. The normalized spacial score (nSPS) is 12.1. The van der Waals surface area contributed by atoms with Gasteiger partial charge in [0.05, 0.1) is 18.1 Å². The zero-order valence-electron chi connectivity index (χ0n) is 12.9. The van der Waals surface area contributed by atoms with Crippen LogP contribution >= 0.6 is 0 Å². The Morgan fingerprint density at radius 3 is 2.92 bits per heavy atom. The maximum Gasteiger partial charge on any atom is 0.333 e. The molecule has 9 heteroatoms. The van der Waals surface area contributed by atoms with Gasteiger partial charge in [-0.05, 0) is 31.2 Å². The van der Waals surface area contributed by atoms with Crippen LogP contribution in [-0.4, -0.2) is 26.6 Å². The number of rotatable bonds is 5. The van der Waals surface area contributed by atoms with Crippen LogP contribution < -0.4 is 10.1 Å². The van der Waals surface area contributed by atoms with E-state index in [0.29, 0.717) is 17.1 Å². The van der Waals surface area contributed by atoms with Gasteiger partial charge in [-0.1, -0.05) is 0 Å². The van der Waals surface area contributed by atoms with Gasteiger partial charge in [-0.25, -0.2) is 13.9 Å². The largest absolute Gasteiger partial charge is 0.496 e. The van der Waals surface area contributed by atoms with Gasteiger partial charge in [0.25, 0.3) is 0 Å². The number of benzene rings is 1. The second-order valence-corrected chi connectivity index (χ2v) is 5.12. The molecule has 0 saturated heterocycles. The van der Waals surface area contributed by atoms with E-state index in [-0.39, 0.29) is 23.2 Å². The number of halogens is 1. The summed E-state index contributed by atoms with van der Waals surface area (Å²) >= 11 is 0. The third kappa shape index (κ3) is 2.83. The van der Waals surface area contributed by atoms with Gasteiger partial charge in [0, 0.05) is 11.8 Å². The van der Waals surface area contributed by atoms with E-state index < -0.39 is 4.92 Å². The molecule has 0 spiro atoms. The van der Waals surface area contributed by atoms with E-state index in [4.69, 9.17) is 4.74 Å². The van der Waals surface area contributed by atoms with Crippen LogP contribution in [0.4, 0.5) is 15.9 Å².